The quantitative estimate of drug-likeness (QED) is 0.897. The predicted octanol–water partition coefficient (Wildman–Crippen LogP) is 3.40. The van der Waals surface area contributed by atoms with E-state index < -0.39 is 11.7 Å². The van der Waals surface area contributed by atoms with Crippen LogP contribution in [-0.2, 0) is 4.74 Å². The third-order valence-electron chi connectivity index (χ3n) is 5.67. The highest BCUT2D eigenvalue weighted by Gasteiger charge is 2.44. The molecule has 1 aromatic carbocycles. The number of carbonyl (C=O) groups is 1. The molecule has 2 aliphatic rings. The monoisotopic (exact) mass is 355 g/mol. The molecule has 2 aromatic rings. The van der Waals surface area contributed by atoms with Gasteiger partial charge in [-0.2, -0.15) is 0 Å². The van der Waals surface area contributed by atoms with Crippen LogP contribution in [0.3, 0.4) is 0 Å². The standard InChI is InChI=1S/C21H25NO4/c1-15-4-9-18(26-15)16-5-7-17(8-6-16)20(24)22-12-10-21(11-13-22)19(23)3-2-14-25-21/h4-9,19,23H,2-3,10-14H2,1H3/t19-/m1/s1. The Bertz CT molecular complexity index is 772. The van der Waals surface area contributed by atoms with Crippen LogP contribution in [0.25, 0.3) is 11.3 Å². The summed E-state index contributed by atoms with van der Waals surface area (Å²) in [7, 11) is 0. The lowest BCUT2D eigenvalue weighted by atomic mass is 9.82. The lowest BCUT2D eigenvalue weighted by Crippen LogP contribution is -2.56. The first-order valence-corrected chi connectivity index (χ1v) is 9.36. The second-order valence-corrected chi connectivity index (χ2v) is 7.35. The number of likely N-dealkylation sites (tertiary alicyclic amines) is 1. The lowest BCUT2D eigenvalue weighted by Gasteiger charge is -2.46. The molecule has 1 atom stereocenters. The molecule has 1 aromatic heterocycles. The second-order valence-electron chi connectivity index (χ2n) is 7.35. The van der Waals surface area contributed by atoms with E-state index in [2.05, 4.69) is 0 Å². The molecule has 0 unspecified atom stereocenters. The van der Waals surface area contributed by atoms with Crippen molar-refractivity contribution in [1.29, 1.82) is 0 Å². The molecule has 2 saturated heterocycles. The number of amides is 1. The first kappa shape index (κ1) is 17.3. The number of piperidine rings is 1. The van der Waals surface area contributed by atoms with Crippen LogP contribution in [-0.4, -0.2) is 47.3 Å². The first-order valence-electron chi connectivity index (χ1n) is 9.36. The lowest BCUT2D eigenvalue weighted by molar-refractivity contribution is -0.174. The molecular weight excluding hydrogens is 330 g/mol. The summed E-state index contributed by atoms with van der Waals surface area (Å²) in [4.78, 5) is 14.7. The number of aliphatic hydroxyl groups excluding tert-OH is 1. The maximum absolute atomic E-state index is 12.8. The van der Waals surface area contributed by atoms with E-state index >= 15 is 0 Å². The Kier molecular flexibility index (Phi) is 4.59. The highest BCUT2D eigenvalue weighted by molar-refractivity contribution is 5.94. The summed E-state index contributed by atoms with van der Waals surface area (Å²) in [5.74, 6) is 1.71. The van der Waals surface area contributed by atoms with E-state index in [9.17, 15) is 9.90 Å². The Labute approximate surface area is 153 Å². The molecule has 4 rings (SSSR count). The molecule has 3 heterocycles. The maximum atomic E-state index is 12.8. The van der Waals surface area contributed by atoms with Crippen LogP contribution in [0.5, 0.6) is 0 Å². The van der Waals surface area contributed by atoms with Gasteiger partial charge < -0.3 is 19.2 Å². The van der Waals surface area contributed by atoms with Gasteiger partial charge in [-0.3, -0.25) is 4.79 Å². The van der Waals surface area contributed by atoms with Crippen molar-refractivity contribution in [2.24, 2.45) is 0 Å². The van der Waals surface area contributed by atoms with Crippen LogP contribution in [0, 0.1) is 6.92 Å². The normalized spacial score (nSPS) is 22.5. The van der Waals surface area contributed by atoms with Crippen LogP contribution < -0.4 is 0 Å². The molecule has 2 fully saturated rings. The highest BCUT2D eigenvalue weighted by atomic mass is 16.5. The molecule has 138 valence electrons. The largest absolute Gasteiger partial charge is 0.461 e. The van der Waals surface area contributed by atoms with E-state index in [1.54, 1.807) is 0 Å². The zero-order chi connectivity index (χ0) is 18.1. The molecule has 1 N–H and O–H groups in total. The van der Waals surface area contributed by atoms with Gasteiger partial charge in [0.15, 0.2) is 0 Å². The molecule has 0 saturated carbocycles. The summed E-state index contributed by atoms with van der Waals surface area (Å²) in [5, 5.41) is 10.3. The molecule has 5 heteroatoms. The zero-order valence-corrected chi connectivity index (χ0v) is 15.1. The van der Waals surface area contributed by atoms with Crippen molar-refractivity contribution >= 4 is 5.91 Å². The Morgan fingerprint density at radius 1 is 1.15 bits per heavy atom. The van der Waals surface area contributed by atoms with Gasteiger partial charge in [-0.1, -0.05) is 12.1 Å². The summed E-state index contributed by atoms with van der Waals surface area (Å²) in [6.45, 7) is 3.86. The smallest absolute Gasteiger partial charge is 0.253 e. The summed E-state index contributed by atoms with van der Waals surface area (Å²) < 4.78 is 11.5. The number of aryl methyl sites for hydroxylation is 1. The highest BCUT2D eigenvalue weighted by Crippen LogP contribution is 2.35. The average Bonchev–Trinajstić information content (AvgIpc) is 3.11. The third kappa shape index (κ3) is 3.17. The van der Waals surface area contributed by atoms with Gasteiger partial charge in [-0.25, -0.2) is 0 Å². The summed E-state index contributed by atoms with van der Waals surface area (Å²) in [5.41, 5.74) is 1.19. The number of ether oxygens (including phenoxy) is 1. The minimum Gasteiger partial charge on any atom is -0.461 e. The fourth-order valence-electron chi connectivity index (χ4n) is 4.03. The number of hydrogen-bond donors (Lipinski definition) is 1. The topological polar surface area (TPSA) is 62.9 Å². The van der Waals surface area contributed by atoms with Crippen molar-refractivity contribution in [3.63, 3.8) is 0 Å². The molecular formula is C21H25NO4. The van der Waals surface area contributed by atoms with Crippen molar-refractivity contribution in [3.8, 4) is 11.3 Å². The van der Waals surface area contributed by atoms with Crippen LogP contribution >= 0.6 is 0 Å². The van der Waals surface area contributed by atoms with E-state index in [4.69, 9.17) is 9.15 Å². The summed E-state index contributed by atoms with van der Waals surface area (Å²) >= 11 is 0. The minimum absolute atomic E-state index is 0.0346. The average molecular weight is 355 g/mol. The Morgan fingerprint density at radius 2 is 1.88 bits per heavy atom. The Morgan fingerprint density at radius 3 is 2.50 bits per heavy atom. The van der Waals surface area contributed by atoms with Crippen LogP contribution in [0.4, 0.5) is 0 Å². The van der Waals surface area contributed by atoms with Gasteiger partial charge in [-0.05, 0) is 56.9 Å². The summed E-state index contributed by atoms with van der Waals surface area (Å²) in [6, 6.07) is 11.4. The van der Waals surface area contributed by atoms with E-state index in [0.29, 0.717) is 38.1 Å². The van der Waals surface area contributed by atoms with Gasteiger partial charge in [-0.15, -0.1) is 0 Å². The SMILES string of the molecule is Cc1ccc(-c2ccc(C(=O)N3CCC4(CC3)OCCC[C@H]4O)cc2)o1. The van der Waals surface area contributed by atoms with E-state index in [1.807, 2.05) is 48.2 Å². The minimum atomic E-state index is -0.448. The number of nitrogens with zero attached hydrogens (tertiary/aromatic N) is 1. The van der Waals surface area contributed by atoms with Gasteiger partial charge in [0.05, 0.1) is 11.7 Å². The van der Waals surface area contributed by atoms with Crippen molar-refractivity contribution < 1.29 is 19.1 Å². The molecule has 1 spiro atoms. The maximum Gasteiger partial charge on any atom is 0.253 e. The molecule has 0 aliphatic carbocycles. The Hall–Kier alpha value is -2.11. The molecule has 5 nitrogen and oxygen atoms in total. The van der Waals surface area contributed by atoms with Gasteiger partial charge in [0.1, 0.15) is 11.5 Å². The van der Waals surface area contributed by atoms with E-state index in [1.165, 1.54) is 0 Å². The van der Waals surface area contributed by atoms with Gasteiger partial charge >= 0.3 is 0 Å². The van der Waals surface area contributed by atoms with Gasteiger partial charge in [0, 0.05) is 30.8 Å². The second kappa shape index (κ2) is 6.89. The zero-order valence-electron chi connectivity index (χ0n) is 15.1. The first-order chi connectivity index (χ1) is 12.6. The van der Waals surface area contributed by atoms with Crippen LogP contribution in [0.2, 0.25) is 0 Å². The van der Waals surface area contributed by atoms with Gasteiger partial charge in [0.2, 0.25) is 0 Å². The summed E-state index contributed by atoms with van der Waals surface area (Å²) in [6.07, 6.45) is 2.69. The van der Waals surface area contributed by atoms with Crippen molar-refractivity contribution in [1.82, 2.24) is 4.90 Å². The Balaban J connectivity index is 1.42. The number of benzene rings is 1. The predicted molar refractivity (Wildman–Crippen MR) is 97.9 cm³/mol. The van der Waals surface area contributed by atoms with E-state index in [0.717, 1.165) is 29.9 Å². The molecule has 1 amide bonds. The number of furan rings is 1. The molecule has 26 heavy (non-hydrogen) atoms. The molecule has 0 bridgehead atoms. The number of aliphatic hydroxyl groups is 1. The molecule has 2 aliphatic heterocycles. The fourth-order valence-corrected chi connectivity index (χ4v) is 4.03. The number of rotatable bonds is 2. The van der Waals surface area contributed by atoms with Crippen molar-refractivity contribution in [2.75, 3.05) is 19.7 Å². The fraction of sp³-hybridized carbons (Fsp3) is 0.476. The number of hydrogen-bond acceptors (Lipinski definition) is 4. The van der Waals surface area contributed by atoms with Crippen LogP contribution in [0.1, 0.15) is 41.8 Å². The number of carbonyl (C=O) groups excluding carboxylic acids is 1. The molecule has 0 radical (unpaired) electrons. The van der Waals surface area contributed by atoms with Gasteiger partial charge in [0.25, 0.3) is 5.91 Å². The van der Waals surface area contributed by atoms with Crippen molar-refractivity contribution in [2.45, 2.75) is 44.3 Å². The van der Waals surface area contributed by atoms with Crippen LogP contribution in [0.15, 0.2) is 40.8 Å². The van der Waals surface area contributed by atoms with E-state index in [-0.39, 0.29) is 5.91 Å². The van der Waals surface area contributed by atoms with Crippen molar-refractivity contribution in [3.05, 3.63) is 47.7 Å². The third-order valence-corrected chi connectivity index (χ3v) is 5.67.